The molecule has 8 nitrogen and oxygen atoms in total. The lowest BCUT2D eigenvalue weighted by Crippen LogP contribution is -2.56. The summed E-state index contributed by atoms with van der Waals surface area (Å²) in [5.74, 6) is -1.88. The highest BCUT2D eigenvalue weighted by molar-refractivity contribution is 5.79. The summed E-state index contributed by atoms with van der Waals surface area (Å²) in [6, 6.07) is 0. The maximum absolute atomic E-state index is 11.2. The van der Waals surface area contributed by atoms with Gasteiger partial charge in [-0.3, -0.25) is 24.2 Å². The van der Waals surface area contributed by atoms with Gasteiger partial charge in [-0.25, -0.2) is 0 Å². The van der Waals surface area contributed by atoms with Crippen LogP contribution in [0, 0.1) is 5.92 Å². The van der Waals surface area contributed by atoms with Gasteiger partial charge in [-0.05, 0) is 0 Å². The Morgan fingerprint density at radius 2 is 1.35 bits per heavy atom. The summed E-state index contributed by atoms with van der Waals surface area (Å²) >= 11 is 0. The molecule has 0 aromatic rings. The molecule has 0 bridgehead atoms. The zero-order chi connectivity index (χ0) is 13.0. The third kappa shape index (κ3) is 4.37. The van der Waals surface area contributed by atoms with Gasteiger partial charge in [0.25, 0.3) is 0 Å². The van der Waals surface area contributed by atoms with Crippen molar-refractivity contribution in [2.24, 2.45) is 23.1 Å². The van der Waals surface area contributed by atoms with Crippen molar-refractivity contribution in [3.63, 3.8) is 0 Å². The van der Waals surface area contributed by atoms with Gasteiger partial charge >= 0.3 is 0 Å². The van der Waals surface area contributed by atoms with Crippen LogP contribution in [0.25, 0.3) is 0 Å². The molecular formula is C9H17N5O3. The van der Waals surface area contributed by atoms with E-state index in [9.17, 15) is 14.4 Å². The number of hydrogen-bond donors (Lipinski definition) is 3. The van der Waals surface area contributed by atoms with E-state index in [1.54, 1.807) is 9.80 Å². The lowest BCUT2D eigenvalue weighted by Gasteiger charge is -2.37. The van der Waals surface area contributed by atoms with Gasteiger partial charge in [0.1, 0.15) is 0 Å². The minimum atomic E-state index is -0.492. The number of primary amides is 3. The molecule has 96 valence electrons. The molecule has 1 aliphatic heterocycles. The Bertz CT molecular complexity index is 309. The van der Waals surface area contributed by atoms with Crippen LogP contribution in [0.2, 0.25) is 0 Å². The smallest absolute Gasteiger partial charge is 0.231 e. The third-order valence-corrected chi connectivity index (χ3v) is 2.52. The fraction of sp³-hybridized carbons (Fsp3) is 0.667. The number of nitrogens with zero attached hydrogens (tertiary/aromatic N) is 2. The van der Waals surface area contributed by atoms with Gasteiger partial charge in [0.2, 0.25) is 17.7 Å². The second kappa shape index (κ2) is 5.60. The standard InChI is InChI=1S/C9H17N5O3/c10-7(15)3-13-1-6(9(12)17)2-14(5-13)4-8(11)16/h6H,1-5H2,(H2,10,15)(H2,11,16)(H2,12,17). The summed E-state index contributed by atoms with van der Waals surface area (Å²) in [7, 11) is 0. The molecule has 17 heavy (non-hydrogen) atoms. The monoisotopic (exact) mass is 243 g/mol. The molecule has 0 spiro atoms. The predicted molar refractivity (Wildman–Crippen MR) is 59.1 cm³/mol. The minimum absolute atomic E-state index is 0.0268. The first kappa shape index (κ1) is 13.4. The van der Waals surface area contributed by atoms with Crippen LogP contribution < -0.4 is 17.2 Å². The van der Waals surface area contributed by atoms with Crippen LogP contribution in [0.15, 0.2) is 0 Å². The van der Waals surface area contributed by atoms with Crippen molar-refractivity contribution in [2.75, 3.05) is 32.8 Å². The zero-order valence-corrected chi connectivity index (χ0v) is 9.46. The second-order valence-electron chi connectivity index (χ2n) is 4.20. The highest BCUT2D eigenvalue weighted by atomic mass is 16.2. The van der Waals surface area contributed by atoms with Gasteiger partial charge in [-0.15, -0.1) is 0 Å². The molecule has 8 heteroatoms. The van der Waals surface area contributed by atoms with Gasteiger partial charge in [0.15, 0.2) is 0 Å². The first-order valence-corrected chi connectivity index (χ1v) is 5.19. The van der Waals surface area contributed by atoms with Crippen molar-refractivity contribution in [2.45, 2.75) is 0 Å². The van der Waals surface area contributed by atoms with E-state index in [2.05, 4.69) is 0 Å². The maximum Gasteiger partial charge on any atom is 0.231 e. The van der Waals surface area contributed by atoms with Crippen LogP contribution >= 0.6 is 0 Å². The van der Waals surface area contributed by atoms with Crippen molar-refractivity contribution < 1.29 is 14.4 Å². The average Bonchev–Trinajstić information content (AvgIpc) is 2.14. The Hall–Kier alpha value is -1.67. The molecule has 0 saturated carbocycles. The summed E-state index contributed by atoms with van der Waals surface area (Å²) in [5.41, 5.74) is 15.4. The van der Waals surface area contributed by atoms with Gasteiger partial charge in [0.05, 0.1) is 25.7 Å². The Morgan fingerprint density at radius 1 is 0.941 bits per heavy atom. The fourth-order valence-corrected chi connectivity index (χ4v) is 1.93. The third-order valence-electron chi connectivity index (χ3n) is 2.52. The van der Waals surface area contributed by atoms with Crippen molar-refractivity contribution in [1.29, 1.82) is 0 Å². The lowest BCUT2D eigenvalue weighted by atomic mass is 10.1. The quantitative estimate of drug-likeness (QED) is 0.463. The van der Waals surface area contributed by atoms with Gasteiger partial charge in [0, 0.05) is 13.1 Å². The molecule has 0 aliphatic carbocycles. The van der Waals surface area contributed by atoms with Crippen molar-refractivity contribution in [1.82, 2.24) is 9.80 Å². The van der Waals surface area contributed by atoms with Crippen LogP contribution in [-0.4, -0.2) is 60.4 Å². The fourth-order valence-electron chi connectivity index (χ4n) is 1.93. The van der Waals surface area contributed by atoms with E-state index in [4.69, 9.17) is 17.2 Å². The SMILES string of the molecule is NC(=O)CN1CC(C(N)=O)CN(CC(N)=O)C1. The van der Waals surface area contributed by atoms with Crippen LogP contribution in [0.4, 0.5) is 0 Å². The van der Waals surface area contributed by atoms with Crippen LogP contribution in [0.3, 0.4) is 0 Å². The zero-order valence-electron chi connectivity index (χ0n) is 9.46. The molecular weight excluding hydrogens is 226 g/mol. The summed E-state index contributed by atoms with van der Waals surface area (Å²) in [5, 5.41) is 0. The molecule has 1 aliphatic rings. The van der Waals surface area contributed by atoms with Crippen molar-refractivity contribution in [3.8, 4) is 0 Å². The largest absolute Gasteiger partial charge is 0.369 e. The molecule has 1 rings (SSSR count). The number of rotatable bonds is 5. The lowest BCUT2D eigenvalue weighted by molar-refractivity contribution is -0.130. The predicted octanol–water partition coefficient (Wildman–Crippen LogP) is -3.37. The van der Waals surface area contributed by atoms with Crippen molar-refractivity contribution >= 4 is 17.7 Å². The summed E-state index contributed by atoms with van der Waals surface area (Å²) in [6.07, 6.45) is 0. The second-order valence-corrected chi connectivity index (χ2v) is 4.20. The minimum Gasteiger partial charge on any atom is -0.369 e. The van der Waals surface area contributed by atoms with Gasteiger partial charge in [-0.1, -0.05) is 0 Å². The molecule has 0 aromatic carbocycles. The molecule has 6 N–H and O–H groups in total. The molecule has 0 unspecified atom stereocenters. The van der Waals surface area contributed by atoms with E-state index in [1.807, 2.05) is 0 Å². The van der Waals surface area contributed by atoms with Crippen LogP contribution in [0.5, 0.6) is 0 Å². The normalized spacial score (nSPS) is 19.1. The number of carbonyl (C=O) groups is 3. The van der Waals surface area contributed by atoms with Crippen LogP contribution in [-0.2, 0) is 14.4 Å². The average molecular weight is 243 g/mol. The highest BCUT2D eigenvalue weighted by Crippen LogP contribution is 2.11. The van der Waals surface area contributed by atoms with E-state index < -0.39 is 23.6 Å². The topological polar surface area (TPSA) is 136 Å². The first-order valence-electron chi connectivity index (χ1n) is 5.19. The molecule has 0 atom stereocenters. The first-order chi connectivity index (χ1) is 7.88. The van der Waals surface area contributed by atoms with Gasteiger partial charge in [-0.2, -0.15) is 0 Å². The number of hydrogen-bond acceptors (Lipinski definition) is 5. The highest BCUT2D eigenvalue weighted by Gasteiger charge is 2.29. The molecule has 0 aromatic heterocycles. The Balaban J connectivity index is 2.65. The summed E-state index contributed by atoms with van der Waals surface area (Å²) in [6.45, 7) is 1.16. The summed E-state index contributed by atoms with van der Waals surface area (Å²) in [4.78, 5) is 36.1. The number of carbonyl (C=O) groups excluding carboxylic acids is 3. The van der Waals surface area contributed by atoms with Gasteiger partial charge < -0.3 is 17.2 Å². The Morgan fingerprint density at radius 3 is 1.65 bits per heavy atom. The van der Waals surface area contributed by atoms with E-state index >= 15 is 0 Å². The maximum atomic E-state index is 11.2. The number of amides is 3. The number of nitrogens with two attached hydrogens (primary N) is 3. The molecule has 3 amide bonds. The summed E-state index contributed by atoms with van der Waals surface area (Å²) < 4.78 is 0. The van der Waals surface area contributed by atoms with E-state index in [0.29, 0.717) is 19.8 Å². The molecule has 1 heterocycles. The van der Waals surface area contributed by atoms with Crippen LogP contribution in [0.1, 0.15) is 0 Å². The Labute approximate surface area is 98.7 Å². The Kier molecular flexibility index (Phi) is 4.41. The van der Waals surface area contributed by atoms with E-state index in [-0.39, 0.29) is 13.1 Å². The van der Waals surface area contributed by atoms with E-state index in [0.717, 1.165) is 0 Å². The van der Waals surface area contributed by atoms with Crippen molar-refractivity contribution in [3.05, 3.63) is 0 Å². The molecule has 1 saturated heterocycles. The van der Waals surface area contributed by atoms with E-state index in [1.165, 1.54) is 0 Å². The molecule has 0 radical (unpaired) electrons. The molecule has 1 fully saturated rings.